The number of tetrazole rings is 1. The van der Waals surface area contributed by atoms with Crippen molar-refractivity contribution in [1.29, 1.82) is 0 Å². The molecule has 5 rings (SSSR count). The smallest absolute Gasteiger partial charge is 0.252 e. The zero-order valence-corrected chi connectivity index (χ0v) is 19.5. The number of hydrogen-bond acceptors (Lipinski definition) is 6. The monoisotopic (exact) mass is 458 g/mol. The molecule has 0 radical (unpaired) electrons. The van der Waals surface area contributed by atoms with Gasteiger partial charge in [0.25, 0.3) is 5.56 Å². The topological polar surface area (TPSA) is 88.9 Å². The molecule has 1 fully saturated rings. The van der Waals surface area contributed by atoms with E-state index in [1.165, 1.54) is 24.8 Å². The second-order valence-corrected chi connectivity index (χ2v) is 9.04. The van der Waals surface area contributed by atoms with Crippen LogP contribution in [-0.4, -0.2) is 37.2 Å². The van der Waals surface area contributed by atoms with Gasteiger partial charge in [-0.05, 0) is 52.4 Å². The second kappa shape index (κ2) is 10.2. The number of H-pyrrole nitrogens is 1. The van der Waals surface area contributed by atoms with Crippen molar-refractivity contribution >= 4 is 10.9 Å². The maximum absolute atomic E-state index is 13.0. The predicted octanol–water partition coefficient (Wildman–Crippen LogP) is 4.23. The molecule has 1 aliphatic rings. The Morgan fingerprint density at radius 2 is 1.85 bits per heavy atom. The molecule has 2 aromatic carbocycles. The molecule has 2 aromatic heterocycles. The van der Waals surface area contributed by atoms with Gasteiger partial charge < -0.3 is 9.72 Å². The number of hydrogen-bond donors (Lipinski definition) is 1. The van der Waals surface area contributed by atoms with E-state index in [9.17, 15) is 4.79 Å². The van der Waals surface area contributed by atoms with Crippen LogP contribution in [-0.2, 0) is 19.6 Å². The largest absolute Gasteiger partial charge is 0.497 e. The molecule has 1 aliphatic carbocycles. The third-order valence-electron chi connectivity index (χ3n) is 6.62. The van der Waals surface area contributed by atoms with Crippen molar-refractivity contribution in [2.24, 2.45) is 0 Å². The number of fused-ring (bicyclic) bond motifs is 1. The van der Waals surface area contributed by atoms with Gasteiger partial charge in [-0.25, -0.2) is 4.68 Å². The number of aromatic nitrogens is 5. The highest BCUT2D eigenvalue weighted by Gasteiger charge is 2.22. The number of rotatable bonds is 8. The van der Waals surface area contributed by atoms with Gasteiger partial charge in [-0.2, -0.15) is 0 Å². The molecule has 0 aliphatic heterocycles. The van der Waals surface area contributed by atoms with Crippen molar-refractivity contribution in [3.63, 3.8) is 0 Å². The molecule has 176 valence electrons. The number of benzene rings is 2. The fraction of sp³-hybridized carbons (Fsp3) is 0.385. The lowest BCUT2D eigenvalue weighted by atomic mass is 9.95. The fourth-order valence-corrected chi connectivity index (χ4v) is 4.85. The lowest BCUT2D eigenvalue weighted by molar-refractivity contribution is 0.225. The first-order valence-corrected chi connectivity index (χ1v) is 11.9. The van der Waals surface area contributed by atoms with Crippen LogP contribution in [0.1, 0.15) is 55.1 Å². The first-order chi connectivity index (χ1) is 16.7. The molecule has 0 unspecified atom stereocenters. The normalized spacial score (nSPS) is 14.6. The Kier molecular flexibility index (Phi) is 6.67. The standard InChI is InChI=1S/C26H30N6O2/c1-34-23-13-12-20-14-21(26(33)27-24(20)15-23)17-31(16-19-8-4-2-5-9-19)18-25-28-29-30-32(25)22-10-6-3-7-11-22/h2,4-5,8-9,12-15,22H,3,6-7,10-11,16-18H2,1H3,(H,27,33). The molecule has 8 heteroatoms. The van der Waals surface area contributed by atoms with Crippen molar-refractivity contribution in [2.75, 3.05) is 7.11 Å². The molecule has 1 N–H and O–H groups in total. The van der Waals surface area contributed by atoms with E-state index in [2.05, 4.69) is 37.5 Å². The number of ether oxygens (including phenoxy) is 1. The summed E-state index contributed by atoms with van der Waals surface area (Å²) in [6.07, 6.45) is 5.95. The van der Waals surface area contributed by atoms with Gasteiger partial charge in [-0.1, -0.05) is 49.6 Å². The molecule has 0 spiro atoms. The molecule has 0 bridgehead atoms. The molecule has 0 atom stereocenters. The zero-order valence-electron chi connectivity index (χ0n) is 19.5. The highest BCUT2D eigenvalue weighted by atomic mass is 16.5. The molecule has 8 nitrogen and oxygen atoms in total. The van der Waals surface area contributed by atoms with E-state index in [0.29, 0.717) is 31.2 Å². The van der Waals surface area contributed by atoms with Gasteiger partial charge in [0, 0.05) is 24.7 Å². The Hall–Kier alpha value is -3.52. The summed E-state index contributed by atoms with van der Waals surface area (Å²) in [5.74, 6) is 1.57. The minimum Gasteiger partial charge on any atom is -0.497 e. The zero-order chi connectivity index (χ0) is 23.3. The van der Waals surface area contributed by atoms with Crippen LogP contribution in [0.2, 0.25) is 0 Å². The van der Waals surface area contributed by atoms with E-state index in [1.807, 2.05) is 47.1 Å². The summed E-state index contributed by atoms with van der Waals surface area (Å²) in [6, 6.07) is 18.4. The maximum atomic E-state index is 13.0. The van der Waals surface area contributed by atoms with Gasteiger partial charge in [0.2, 0.25) is 0 Å². The van der Waals surface area contributed by atoms with Gasteiger partial charge in [0.1, 0.15) is 5.75 Å². The van der Waals surface area contributed by atoms with Crippen molar-refractivity contribution in [2.45, 2.75) is 57.8 Å². The minimum absolute atomic E-state index is 0.0920. The highest BCUT2D eigenvalue weighted by Crippen LogP contribution is 2.28. The Balaban J connectivity index is 1.43. The van der Waals surface area contributed by atoms with Crippen LogP contribution in [0.25, 0.3) is 10.9 Å². The van der Waals surface area contributed by atoms with Gasteiger partial charge in [0.15, 0.2) is 5.82 Å². The molecule has 34 heavy (non-hydrogen) atoms. The fourth-order valence-electron chi connectivity index (χ4n) is 4.85. The highest BCUT2D eigenvalue weighted by molar-refractivity contribution is 5.80. The number of nitrogens with one attached hydrogen (secondary N) is 1. The Labute approximate surface area is 198 Å². The SMILES string of the molecule is COc1ccc2cc(CN(Cc3ccccc3)Cc3nnnn3C3CCCCC3)c(=O)[nH]c2c1. The summed E-state index contributed by atoms with van der Waals surface area (Å²) >= 11 is 0. The summed E-state index contributed by atoms with van der Waals surface area (Å²) in [7, 11) is 1.62. The van der Waals surface area contributed by atoms with E-state index in [-0.39, 0.29) is 5.56 Å². The van der Waals surface area contributed by atoms with Crippen LogP contribution in [0.4, 0.5) is 0 Å². The van der Waals surface area contributed by atoms with Crippen molar-refractivity contribution in [1.82, 2.24) is 30.1 Å². The quantitative estimate of drug-likeness (QED) is 0.425. The number of pyridine rings is 1. The summed E-state index contributed by atoms with van der Waals surface area (Å²) in [6.45, 7) is 1.75. The van der Waals surface area contributed by atoms with Gasteiger partial charge in [-0.3, -0.25) is 9.69 Å². The lowest BCUT2D eigenvalue weighted by Crippen LogP contribution is -2.29. The molecule has 2 heterocycles. The molecular weight excluding hydrogens is 428 g/mol. The Morgan fingerprint density at radius 3 is 2.65 bits per heavy atom. The summed E-state index contributed by atoms with van der Waals surface area (Å²) in [5.41, 5.74) is 2.57. The van der Waals surface area contributed by atoms with Gasteiger partial charge >= 0.3 is 0 Å². The number of nitrogens with zero attached hydrogens (tertiary/aromatic N) is 5. The second-order valence-electron chi connectivity index (χ2n) is 9.04. The van der Waals surface area contributed by atoms with Crippen molar-refractivity contribution < 1.29 is 4.74 Å². The average Bonchev–Trinajstić information content (AvgIpc) is 3.33. The molecule has 0 amide bonds. The Morgan fingerprint density at radius 1 is 1.03 bits per heavy atom. The molecule has 1 saturated carbocycles. The third-order valence-corrected chi connectivity index (χ3v) is 6.62. The van der Waals surface area contributed by atoms with Crippen LogP contribution in [0, 0.1) is 0 Å². The first kappa shape index (κ1) is 22.3. The Bertz CT molecular complexity index is 1290. The summed E-state index contributed by atoms with van der Waals surface area (Å²) in [5, 5.41) is 13.7. The first-order valence-electron chi connectivity index (χ1n) is 11.9. The summed E-state index contributed by atoms with van der Waals surface area (Å²) in [4.78, 5) is 18.2. The number of methoxy groups -OCH3 is 1. The molecular formula is C26H30N6O2. The molecule has 0 saturated heterocycles. The van der Waals surface area contributed by atoms with Gasteiger partial charge in [0.05, 0.1) is 25.2 Å². The number of aromatic amines is 1. The van der Waals surface area contributed by atoms with Gasteiger partial charge in [-0.15, -0.1) is 5.10 Å². The predicted molar refractivity (Wildman–Crippen MR) is 130 cm³/mol. The van der Waals surface area contributed by atoms with E-state index >= 15 is 0 Å². The van der Waals surface area contributed by atoms with Crippen molar-refractivity contribution in [3.05, 3.63) is 81.9 Å². The van der Waals surface area contributed by atoms with E-state index in [0.717, 1.165) is 35.3 Å². The van der Waals surface area contributed by atoms with E-state index < -0.39 is 0 Å². The van der Waals surface area contributed by atoms with Crippen LogP contribution in [0.5, 0.6) is 5.75 Å². The van der Waals surface area contributed by atoms with Crippen LogP contribution in [0.15, 0.2) is 59.4 Å². The lowest BCUT2D eigenvalue weighted by Gasteiger charge is -2.25. The van der Waals surface area contributed by atoms with Crippen LogP contribution < -0.4 is 10.3 Å². The van der Waals surface area contributed by atoms with Crippen LogP contribution in [0.3, 0.4) is 0 Å². The average molecular weight is 459 g/mol. The third kappa shape index (κ3) is 5.02. The van der Waals surface area contributed by atoms with E-state index in [1.54, 1.807) is 7.11 Å². The van der Waals surface area contributed by atoms with E-state index in [4.69, 9.17) is 4.74 Å². The van der Waals surface area contributed by atoms with Crippen LogP contribution >= 0.6 is 0 Å². The summed E-state index contributed by atoms with van der Waals surface area (Å²) < 4.78 is 7.30. The maximum Gasteiger partial charge on any atom is 0.252 e. The molecule has 4 aromatic rings. The minimum atomic E-state index is -0.0920. The van der Waals surface area contributed by atoms with Crippen molar-refractivity contribution in [3.8, 4) is 5.75 Å².